The van der Waals surface area contributed by atoms with E-state index in [1.807, 2.05) is 24.4 Å². The maximum Gasteiger partial charge on any atom is 0.138 e. The summed E-state index contributed by atoms with van der Waals surface area (Å²) in [6.45, 7) is 2.65. The Hall–Kier alpha value is -1.14. The number of hydrogen-bond donors (Lipinski definition) is 2. The third kappa shape index (κ3) is 4.45. The molecule has 2 N–H and O–H groups in total. The highest BCUT2D eigenvalue weighted by Crippen LogP contribution is 2.23. The third-order valence-corrected chi connectivity index (χ3v) is 4.02. The largest absolute Gasteiger partial charge is 0.489 e. The predicted octanol–water partition coefficient (Wildman–Crippen LogP) is 2.89. The van der Waals surface area contributed by atoms with Crippen molar-refractivity contribution in [1.82, 2.24) is 10.3 Å². The summed E-state index contributed by atoms with van der Waals surface area (Å²) in [6, 6.07) is 7.33. The number of ether oxygens (including phenoxy) is 1. The summed E-state index contributed by atoms with van der Waals surface area (Å²) in [6.07, 6.45) is 1.17. The fourth-order valence-electron chi connectivity index (χ4n) is 1.66. The van der Waals surface area contributed by atoms with Crippen molar-refractivity contribution in [2.24, 2.45) is 0 Å². The molecule has 2 unspecified atom stereocenters. The number of nitrogens with zero attached hydrogens (tertiary/aromatic N) is 1. The maximum atomic E-state index is 9.90. The molecule has 20 heavy (non-hydrogen) atoms. The van der Waals surface area contributed by atoms with Gasteiger partial charge in [0.1, 0.15) is 23.5 Å². The number of aromatic nitrogens is 1. The number of para-hydroxylation sites is 1. The molecule has 0 fully saturated rings. The molecule has 1 heterocycles. The smallest absolute Gasteiger partial charge is 0.138 e. The van der Waals surface area contributed by atoms with Crippen LogP contribution in [0.15, 0.2) is 35.8 Å². The summed E-state index contributed by atoms with van der Waals surface area (Å²) in [5.74, 6) is 0.584. The average molecular weight is 313 g/mol. The highest BCUT2D eigenvalue weighted by Gasteiger charge is 2.11. The van der Waals surface area contributed by atoms with E-state index >= 15 is 0 Å². The monoisotopic (exact) mass is 312 g/mol. The molecule has 2 atom stereocenters. The van der Waals surface area contributed by atoms with Crippen molar-refractivity contribution in [3.05, 3.63) is 45.9 Å². The molecule has 0 aliphatic carbocycles. The summed E-state index contributed by atoms with van der Waals surface area (Å²) in [7, 11) is 0. The predicted molar refractivity (Wildman–Crippen MR) is 81.5 cm³/mol. The molecule has 1 aromatic heterocycles. The van der Waals surface area contributed by atoms with Gasteiger partial charge in [-0.15, -0.1) is 11.3 Å². The van der Waals surface area contributed by atoms with Crippen molar-refractivity contribution in [2.45, 2.75) is 19.1 Å². The van der Waals surface area contributed by atoms with Gasteiger partial charge in [-0.25, -0.2) is 4.98 Å². The van der Waals surface area contributed by atoms with E-state index in [4.69, 9.17) is 16.3 Å². The lowest BCUT2D eigenvalue weighted by atomic mass is 10.3. The summed E-state index contributed by atoms with van der Waals surface area (Å²) < 4.78 is 5.49. The molecule has 2 rings (SSSR count). The zero-order valence-corrected chi connectivity index (χ0v) is 12.7. The first kappa shape index (κ1) is 15.3. The van der Waals surface area contributed by atoms with Crippen LogP contribution in [-0.4, -0.2) is 29.3 Å². The third-order valence-electron chi connectivity index (χ3n) is 2.75. The number of benzene rings is 1. The number of aliphatic hydroxyl groups is 1. The standard InChI is InChI=1S/C14H17ClN2O2S/c1-10(14-16-6-7-20-14)17-8-11(18)9-19-13-5-3-2-4-12(13)15/h2-7,10-11,17-18H,8-9H2,1H3. The second-order valence-corrected chi connectivity index (χ2v) is 5.73. The van der Waals surface area contributed by atoms with E-state index in [0.29, 0.717) is 17.3 Å². The van der Waals surface area contributed by atoms with Crippen LogP contribution < -0.4 is 10.1 Å². The first-order chi connectivity index (χ1) is 9.66. The van der Waals surface area contributed by atoms with Crippen LogP contribution in [0.1, 0.15) is 18.0 Å². The Kier molecular flexibility index (Phi) is 5.79. The molecule has 0 aliphatic rings. The van der Waals surface area contributed by atoms with Gasteiger partial charge in [0.25, 0.3) is 0 Å². The van der Waals surface area contributed by atoms with E-state index in [1.165, 1.54) is 0 Å². The number of thiazole rings is 1. The molecule has 0 bridgehead atoms. The van der Waals surface area contributed by atoms with Crippen LogP contribution >= 0.6 is 22.9 Å². The van der Waals surface area contributed by atoms with E-state index in [2.05, 4.69) is 10.3 Å². The number of aliphatic hydroxyl groups excluding tert-OH is 1. The maximum absolute atomic E-state index is 9.90. The Balaban J connectivity index is 1.73. The van der Waals surface area contributed by atoms with E-state index in [0.717, 1.165) is 5.01 Å². The van der Waals surface area contributed by atoms with Crippen LogP contribution in [0.3, 0.4) is 0 Å². The van der Waals surface area contributed by atoms with Crippen molar-refractivity contribution in [3.63, 3.8) is 0 Å². The lowest BCUT2D eigenvalue weighted by molar-refractivity contribution is 0.104. The molecule has 0 spiro atoms. The van der Waals surface area contributed by atoms with Gasteiger partial charge in [-0.1, -0.05) is 23.7 Å². The summed E-state index contributed by atoms with van der Waals surface area (Å²) in [4.78, 5) is 4.22. The van der Waals surface area contributed by atoms with Gasteiger partial charge in [-0.05, 0) is 19.1 Å². The average Bonchev–Trinajstić information content (AvgIpc) is 2.98. The fraction of sp³-hybridized carbons (Fsp3) is 0.357. The molecule has 0 radical (unpaired) electrons. The van der Waals surface area contributed by atoms with Crippen molar-refractivity contribution in [2.75, 3.05) is 13.2 Å². The summed E-state index contributed by atoms with van der Waals surface area (Å²) >= 11 is 7.56. The van der Waals surface area contributed by atoms with Gasteiger partial charge in [-0.2, -0.15) is 0 Å². The lowest BCUT2D eigenvalue weighted by Crippen LogP contribution is -2.33. The van der Waals surface area contributed by atoms with Gasteiger partial charge in [0, 0.05) is 18.1 Å². The molecule has 0 saturated heterocycles. The molecule has 0 aliphatic heterocycles. The van der Waals surface area contributed by atoms with Gasteiger partial charge in [0.2, 0.25) is 0 Å². The fourth-order valence-corrected chi connectivity index (χ4v) is 2.52. The molecule has 6 heteroatoms. The first-order valence-corrected chi connectivity index (χ1v) is 7.60. The molecular formula is C14H17ClN2O2S. The summed E-state index contributed by atoms with van der Waals surface area (Å²) in [5, 5.41) is 16.6. The second-order valence-electron chi connectivity index (χ2n) is 4.40. The van der Waals surface area contributed by atoms with Crippen molar-refractivity contribution in [3.8, 4) is 5.75 Å². The van der Waals surface area contributed by atoms with Crippen molar-refractivity contribution in [1.29, 1.82) is 0 Å². The highest BCUT2D eigenvalue weighted by atomic mass is 35.5. The van der Waals surface area contributed by atoms with Crippen molar-refractivity contribution < 1.29 is 9.84 Å². The number of hydrogen-bond acceptors (Lipinski definition) is 5. The topological polar surface area (TPSA) is 54.4 Å². The molecule has 0 amide bonds. The van der Waals surface area contributed by atoms with Crippen LogP contribution in [0, 0.1) is 0 Å². The Morgan fingerprint density at radius 3 is 2.95 bits per heavy atom. The quantitative estimate of drug-likeness (QED) is 0.825. The Bertz CT molecular complexity index is 522. The first-order valence-electron chi connectivity index (χ1n) is 6.35. The molecule has 0 saturated carbocycles. The second kappa shape index (κ2) is 7.59. The molecular weight excluding hydrogens is 296 g/mol. The molecule has 2 aromatic rings. The molecule has 108 valence electrons. The van der Waals surface area contributed by atoms with E-state index in [1.54, 1.807) is 29.7 Å². The number of nitrogens with one attached hydrogen (secondary N) is 1. The Labute approximate surface area is 127 Å². The minimum atomic E-state index is -0.603. The SMILES string of the molecule is CC(NCC(O)COc1ccccc1Cl)c1nccs1. The Morgan fingerprint density at radius 2 is 2.25 bits per heavy atom. The lowest BCUT2D eigenvalue weighted by Gasteiger charge is -2.16. The minimum absolute atomic E-state index is 0.116. The van der Waals surface area contributed by atoms with E-state index < -0.39 is 6.10 Å². The highest BCUT2D eigenvalue weighted by molar-refractivity contribution is 7.09. The normalized spacial score (nSPS) is 13.9. The zero-order valence-electron chi connectivity index (χ0n) is 11.1. The van der Waals surface area contributed by atoms with Gasteiger partial charge >= 0.3 is 0 Å². The van der Waals surface area contributed by atoms with E-state index in [-0.39, 0.29) is 12.6 Å². The van der Waals surface area contributed by atoms with E-state index in [9.17, 15) is 5.11 Å². The number of rotatable bonds is 7. The van der Waals surface area contributed by atoms with Gasteiger partial charge < -0.3 is 15.2 Å². The van der Waals surface area contributed by atoms with Crippen LogP contribution in [0.25, 0.3) is 0 Å². The Morgan fingerprint density at radius 1 is 1.45 bits per heavy atom. The van der Waals surface area contributed by atoms with Crippen LogP contribution in [0.2, 0.25) is 5.02 Å². The van der Waals surface area contributed by atoms with Crippen LogP contribution in [0.4, 0.5) is 0 Å². The molecule has 1 aromatic carbocycles. The minimum Gasteiger partial charge on any atom is -0.489 e. The zero-order chi connectivity index (χ0) is 14.4. The van der Waals surface area contributed by atoms with Gasteiger partial charge in [0.15, 0.2) is 0 Å². The molecule has 4 nitrogen and oxygen atoms in total. The van der Waals surface area contributed by atoms with Gasteiger partial charge in [0.05, 0.1) is 11.1 Å². The summed E-state index contributed by atoms with van der Waals surface area (Å²) in [5.41, 5.74) is 0. The van der Waals surface area contributed by atoms with Gasteiger partial charge in [-0.3, -0.25) is 0 Å². The van der Waals surface area contributed by atoms with Crippen LogP contribution in [-0.2, 0) is 0 Å². The van der Waals surface area contributed by atoms with Crippen LogP contribution in [0.5, 0.6) is 5.75 Å². The number of halogens is 1. The van der Waals surface area contributed by atoms with Crippen molar-refractivity contribution >= 4 is 22.9 Å².